The third-order valence-corrected chi connectivity index (χ3v) is 3.43. The lowest BCUT2D eigenvalue weighted by molar-refractivity contribution is 0.281. The first-order chi connectivity index (χ1) is 9.88. The molecule has 1 heterocycles. The molecule has 0 N–H and O–H groups in total. The van der Waals surface area contributed by atoms with Gasteiger partial charge in [0.15, 0.2) is 11.5 Å². The Hall–Kier alpha value is -2.29. The number of hydrogen-bond acceptors (Lipinski definition) is 3. The summed E-state index contributed by atoms with van der Waals surface area (Å²) in [5.74, 6) is 1.63. The lowest BCUT2D eigenvalue weighted by Crippen LogP contribution is -2.08. The van der Waals surface area contributed by atoms with E-state index in [1.807, 2.05) is 36.5 Å². The molecule has 102 valence electrons. The first-order valence-electron chi connectivity index (χ1n) is 6.75. The van der Waals surface area contributed by atoms with Crippen molar-refractivity contribution in [2.75, 3.05) is 13.7 Å². The minimum absolute atomic E-state index is 0.546. The van der Waals surface area contributed by atoms with E-state index in [2.05, 4.69) is 17.1 Å². The van der Waals surface area contributed by atoms with Gasteiger partial charge in [-0.25, -0.2) is 0 Å². The molecule has 0 bridgehead atoms. The van der Waals surface area contributed by atoms with Crippen LogP contribution in [0.3, 0.4) is 0 Å². The van der Waals surface area contributed by atoms with Crippen LogP contribution in [0.2, 0.25) is 0 Å². The Labute approximate surface area is 118 Å². The van der Waals surface area contributed by atoms with Gasteiger partial charge in [0.1, 0.15) is 6.61 Å². The highest BCUT2D eigenvalue weighted by Crippen LogP contribution is 2.35. The summed E-state index contributed by atoms with van der Waals surface area (Å²) in [4.78, 5) is 4.31. The van der Waals surface area contributed by atoms with Crippen molar-refractivity contribution in [3.8, 4) is 11.5 Å². The van der Waals surface area contributed by atoms with Crippen molar-refractivity contribution >= 4 is 6.21 Å². The molecular formula is C17H17NO2. The molecule has 2 aromatic carbocycles. The first-order valence-corrected chi connectivity index (χ1v) is 6.75. The maximum absolute atomic E-state index is 6.03. The maximum atomic E-state index is 6.03. The summed E-state index contributed by atoms with van der Waals surface area (Å²) in [5, 5.41) is 0. The van der Waals surface area contributed by atoms with E-state index in [0.717, 1.165) is 35.6 Å². The monoisotopic (exact) mass is 267 g/mol. The summed E-state index contributed by atoms with van der Waals surface area (Å²) in [6.45, 7) is 1.35. The highest BCUT2D eigenvalue weighted by molar-refractivity contribution is 5.85. The van der Waals surface area contributed by atoms with Gasteiger partial charge in [0, 0.05) is 18.3 Å². The van der Waals surface area contributed by atoms with E-state index < -0.39 is 0 Å². The summed E-state index contributed by atoms with van der Waals surface area (Å²) in [7, 11) is 1.67. The van der Waals surface area contributed by atoms with Gasteiger partial charge in [-0.15, -0.1) is 0 Å². The summed E-state index contributed by atoms with van der Waals surface area (Å²) in [5.41, 5.74) is 3.46. The SMILES string of the molecule is COc1ccc2c(c1OCc1ccccc1)CCN=C2. The second-order valence-electron chi connectivity index (χ2n) is 4.72. The molecule has 0 aromatic heterocycles. The van der Waals surface area contributed by atoms with E-state index in [4.69, 9.17) is 9.47 Å². The molecule has 0 radical (unpaired) electrons. The molecule has 20 heavy (non-hydrogen) atoms. The molecule has 3 nitrogen and oxygen atoms in total. The minimum Gasteiger partial charge on any atom is -0.493 e. The zero-order valence-corrected chi connectivity index (χ0v) is 11.5. The Morgan fingerprint density at radius 3 is 2.75 bits per heavy atom. The summed E-state index contributed by atoms with van der Waals surface area (Å²) < 4.78 is 11.5. The Balaban J connectivity index is 1.89. The molecule has 3 heteroatoms. The average molecular weight is 267 g/mol. The molecule has 1 aliphatic heterocycles. The van der Waals surface area contributed by atoms with Gasteiger partial charge in [-0.3, -0.25) is 4.99 Å². The van der Waals surface area contributed by atoms with Crippen molar-refractivity contribution in [2.45, 2.75) is 13.0 Å². The standard InChI is InChI=1S/C17H17NO2/c1-19-16-8-7-14-11-18-10-9-15(14)17(16)20-12-13-5-3-2-4-6-13/h2-8,11H,9-10,12H2,1H3. The molecule has 0 saturated carbocycles. The second kappa shape index (κ2) is 5.78. The largest absolute Gasteiger partial charge is 0.493 e. The smallest absolute Gasteiger partial charge is 0.165 e. The van der Waals surface area contributed by atoms with Gasteiger partial charge >= 0.3 is 0 Å². The number of benzene rings is 2. The molecule has 0 unspecified atom stereocenters. The van der Waals surface area contributed by atoms with Crippen LogP contribution in [0.15, 0.2) is 47.5 Å². The molecule has 0 fully saturated rings. The summed E-state index contributed by atoms with van der Waals surface area (Å²) >= 11 is 0. The zero-order valence-electron chi connectivity index (χ0n) is 11.5. The van der Waals surface area contributed by atoms with Crippen LogP contribution in [0.1, 0.15) is 16.7 Å². The van der Waals surface area contributed by atoms with E-state index in [-0.39, 0.29) is 0 Å². The van der Waals surface area contributed by atoms with Crippen LogP contribution in [-0.2, 0) is 13.0 Å². The lowest BCUT2D eigenvalue weighted by Gasteiger charge is -2.18. The zero-order chi connectivity index (χ0) is 13.8. The van der Waals surface area contributed by atoms with Crippen LogP contribution in [-0.4, -0.2) is 19.9 Å². The second-order valence-corrected chi connectivity index (χ2v) is 4.72. The van der Waals surface area contributed by atoms with Crippen molar-refractivity contribution in [3.05, 3.63) is 59.2 Å². The van der Waals surface area contributed by atoms with Crippen molar-refractivity contribution in [1.82, 2.24) is 0 Å². The van der Waals surface area contributed by atoms with Crippen LogP contribution in [0.5, 0.6) is 11.5 Å². The molecule has 0 atom stereocenters. The highest BCUT2D eigenvalue weighted by atomic mass is 16.5. The van der Waals surface area contributed by atoms with E-state index >= 15 is 0 Å². The van der Waals surface area contributed by atoms with E-state index in [1.54, 1.807) is 7.11 Å². The van der Waals surface area contributed by atoms with Crippen molar-refractivity contribution < 1.29 is 9.47 Å². The topological polar surface area (TPSA) is 30.8 Å². The molecule has 0 saturated heterocycles. The van der Waals surface area contributed by atoms with E-state index in [1.165, 1.54) is 5.56 Å². The third-order valence-electron chi connectivity index (χ3n) is 3.43. The Morgan fingerprint density at radius 1 is 1.10 bits per heavy atom. The molecule has 1 aliphatic rings. The Kier molecular flexibility index (Phi) is 3.68. The summed E-state index contributed by atoms with van der Waals surface area (Å²) in [6, 6.07) is 14.1. The number of ether oxygens (including phenoxy) is 2. The van der Waals surface area contributed by atoms with Crippen molar-refractivity contribution in [1.29, 1.82) is 0 Å². The molecule has 2 aromatic rings. The predicted octanol–water partition coefficient (Wildman–Crippen LogP) is 3.25. The number of nitrogens with zero attached hydrogens (tertiary/aromatic N) is 1. The van der Waals surface area contributed by atoms with Crippen molar-refractivity contribution in [3.63, 3.8) is 0 Å². The minimum atomic E-state index is 0.546. The molecule has 3 rings (SSSR count). The lowest BCUT2D eigenvalue weighted by atomic mass is 10.0. The van der Waals surface area contributed by atoms with Crippen LogP contribution < -0.4 is 9.47 Å². The Bertz CT molecular complexity index is 620. The van der Waals surface area contributed by atoms with Crippen molar-refractivity contribution in [2.24, 2.45) is 4.99 Å². The fourth-order valence-corrected chi connectivity index (χ4v) is 2.39. The van der Waals surface area contributed by atoms with Gasteiger partial charge in [0.2, 0.25) is 0 Å². The van der Waals surface area contributed by atoms with Gasteiger partial charge in [0.05, 0.1) is 7.11 Å². The van der Waals surface area contributed by atoms with Gasteiger partial charge in [-0.05, 0) is 29.7 Å². The van der Waals surface area contributed by atoms with Gasteiger partial charge in [-0.1, -0.05) is 30.3 Å². The number of fused-ring (bicyclic) bond motifs is 1. The highest BCUT2D eigenvalue weighted by Gasteiger charge is 2.16. The molecule has 0 amide bonds. The molecule has 0 spiro atoms. The van der Waals surface area contributed by atoms with Crippen LogP contribution >= 0.6 is 0 Å². The van der Waals surface area contributed by atoms with Gasteiger partial charge in [0.25, 0.3) is 0 Å². The van der Waals surface area contributed by atoms with Gasteiger partial charge < -0.3 is 9.47 Å². The normalized spacial score (nSPS) is 12.8. The fraction of sp³-hybridized carbons (Fsp3) is 0.235. The quantitative estimate of drug-likeness (QED) is 0.851. The van der Waals surface area contributed by atoms with Crippen LogP contribution in [0, 0.1) is 0 Å². The molecular weight excluding hydrogens is 250 g/mol. The number of rotatable bonds is 4. The van der Waals surface area contributed by atoms with Gasteiger partial charge in [-0.2, -0.15) is 0 Å². The van der Waals surface area contributed by atoms with Crippen LogP contribution in [0.25, 0.3) is 0 Å². The predicted molar refractivity (Wildman–Crippen MR) is 79.9 cm³/mol. The number of hydrogen-bond donors (Lipinski definition) is 0. The first kappa shape index (κ1) is 12.7. The average Bonchev–Trinajstić information content (AvgIpc) is 2.53. The van der Waals surface area contributed by atoms with E-state index in [0.29, 0.717) is 6.61 Å². The number of methoxy groups -OCH3 is 1. The Morgan fingerprint density at radius 2 is 1.95 bits per heavy atom. The summed E-state index contributed by atoms with van der Waals surface area (Å²) in [6.07, 6.45) is 2.81. The fourth-order valence-electron chi connectivity index (χ4n) is 2.39. The molecule has 0 aliphatic carbocycles. The number of aliphatic imine (C=N–C) groups is 1. The third kappa shape index (κ3) is 2.52. The maximum Gasteiger partial charge on any atom is 0.165 e. The van der Waals surface area contributed by atoms with E-state index in [9.17, 15) is 0 Å². The van der Waals surface area contributed by atoms with Crippen LogP contribution in [0.4, 0.5) is 0 Å².